The topological polar surface area (TPSA) is 127 Å². The number of aromatic nitrogens is 4. The molecule has 0 aliphatic carbocycles. The Hall–Kier alpha value is -3.54. The van der Waals surface area contributed by atoms with Crippen molar-refractivity contribution in [3.8, 4) is 0 Å². The van der Waals surface area contributed by atoms with Crippen LogP contribution in [0, 0.1) is 13.8 Å². The van der Waals surface area contributed by atoms with Crippen LogP contribution in [0.25, 0.3) is 0 Å². The number of thioether (sulfide) groups is 1. The Morgan fingerprint density at radius 2 is 1.81 bits per heavy atom. The van der Waals surface area contributed by atoms with Gasteiger partial charge >= 0.3 is 0 Å². The molecule has 0 saturated carbocycles. The number of nitrogens with zero attached hydrogens (tertiary/aromatic N) is 4. The van der Waals surface area contributed by atoms with E-state index in [0.29, 0.717) is 22.3 Å². The average molecular weight is 541 g/mol. The highest BCUT2D eigenvalue weighted by Gasteiger charge is 2.18. The van der Waals surface area contributed by atoms with Gasteiger partial charge in [0.15, 0.2) is 10.9 Å². The highest BCUT2D eigenvalue weighted by molar-refractivity contribution is 7.98. The van der Waals surface area contributed by atoms with Crippen molar-refractivity contribution in [1.82, 2.24) is 19.9 Å². The number of amides is 1. The van der Waals surface area contributed by atoms with E-state index in [1.807, 2.05) is 25.1 Å². The molecule has 184 valence electrons. The number of hydrogen-bond donors (Lipinski definition) is 2. The number of hydrogen-bond acceptors (Lipinski definition) is 8. The van der Waals surface area contributed by atoms with Crippen LogP contribution in [-0.2, 0) is 15.8 Å². The Morgan fingerprint density at radius 3 is 2.53 bits per heavy atom. The predicted octanol–water partition coefficient (Wildman–Crippen LogP) is 4.88. The minimum Gasteiger partial charge on any atom is -0.321 e. The van der Waals surface area contributed by atoms with Crippen LogP contribution in [0.4, 0.5) is 11.6 Å². The fourth-order valence-corrected chi connectivity index (χ4v) is 5.00. The average Bonchev–Trinajstić information content (AvgIpc) is 2.83. The molecule has 2 aromatic carbocycles. The summed E-state index contributed by atoms with van der Waals surface area (Å²) in [4.78, 5) is 29.3. The van der Waals surface area contributed by atoms with Crippen molar-refractivity contribution in [2.75, 3.05) is 10.0 Å². The first kappa shape index (κ1) is 25.5. The lowest BCUT2D eigenvalue weighted by molar-refractivity contribution is 0.102. The summed E-state index contributed by atoms with van der Waals surface area (Å²) >= 11 is 7.56. The Kier molecular flexibility index (Phi) is 7.82. The first-order valence-electron chi connectivity index (χ1n) is 10.6. The summed E-state index contributed by atoms with van der Waals surface area (Å²) in [5.41, 5.74) is 3.29. The molecule has 0 unspecified atom stereocenters. The summed E-state index contributed by atoms with van der Waals surface area (Å²) in [6.45, 7) is 3.75. The molecule has 2 heterocycles. The molecule has 0 aliphatic heterocycles. The molecule has 0 bridgehead atoms. The lowest BCUT2D eigenvalue weighted by atomic mass is 10.2. The van der Waals surface area contributed by atoms with Crippen LogP contribution in [0.5, 0.6) is 0 Å². The second kappa shape index (κ2) is 11.0. The van der Waals surface area contributed by atoms with Gasteiger partial charge in [-0.2, -0.15) is 0 Å². The molecule has 12 heteroatoms. The molecule has 0 atom stereocenters. The Morgan fingerprint density at radius 1 is 1.03 bits per heavy atom. The van der Waals surface area contributed by atoms with Gasteiger partial charge in [-0.1, -0.05) is 53.2 Å². The van der Waals surface area contributed by atoms with Crippen LogP contribution in [0.15, 0.2) is 77.0 Å². The molecule has 4 aromatic rings. The summed E-state index contributed by atoms with van der Waals surface area (Å²) in [7, 11) is -3.90. The number of benzene rings is 2. The summed E-state index contributed by atoms with van der Waals surface area (Å²) in [6, 6.07) is 15.4. The van der Waals surface area contributed by atoms with Crippen molar-refractivity contribution in [2.45, 2.75) is 29.7 Å². The molecule has 9 nitrogen and oxygen atoms in total. The van der Waals surface area contributed by atoms with Crippen LogP contribution in [0.3, 0.4) is 0 Å². The quantitative estimate of drug-likeness (QED) is 0.239. The SMILES string of the molecule is Cc1cccc(CSc2ncc(Cl)c(C(=O)Nc3ccc(S(=O)(=O)Nc4nccc(C)n4)cc3)n2)c1. The summed E-state index contributed by atoms with van der Waals surface area (Å²) in [5.74, 6) is 0.0747. The minimum absolute atomic E-state index is 0.0134. The number of carbonyl (C=O) groups is 1. The number of nitrogens with one attached hydrogen (secondary N) is 2. The minimum atomic E-state index is -3.90. The largest absolute Gasteiger partial charge is 0.321 e. The standard InChI is InChI=1S/C24H21ClN6O3S2/c1-15-4-3-5-17(12-15)14-35-24-27-13-20(25)21(30-24)22(32)29-18-6-8-19(9-7-18)36(33,34)31-23-26-11-10-16(2)28-23/h3-13H,14H2,1-2H3,(H,29,32)(H,26,28,31). The van der Waals surface area contributed by atoms with Crippen LogP contribution in [0.1, 0.15) is 27.3 Å². The van der Waals surface area contributed by atoms with E-state index in [1.165, 1.54) is 48.4 Å². The van der Waals surface area contributed by atoms with Gasteiger partial charge in [0.1, 0.15) is 0 Å². The molecule has 2 N–H and O–H groups in total. The third kappa shape index (κ3) is 6.56. The van der Waals surface area contributed by atoms with Gasteiger partial charge in [-0.15, -0.1) is 0 Å². The number of rotatable bonds is 8. The van der Waals surface area contributed by atoms with Gasteiger partial charge in [0.2, 0.25) is 5.95 Å². The maximum Gasteiger partial charge on any atom is 0.275 e. The molecular formula is C24H21ClN6O3S2. The van der Waals surface area contributed by atoms with Crippen molar-refractivity contribution in [3.05, 3.63) is 94.5 Å². The monoisotopic (exact) mass is 540 g/mol. The van der Waals surface area contributed by atoms with Crippen LogP contribution in [-0.4, -0.2) is 34.3 Å². The van der Waals surface area contributed by atoms with Crippen molar-refractivity contribution in [1.29, 1.82) is 0 Å². The fraction of sp³-hybridized carbons (Fsp3) is 0.125. The van der Waals surface area contributed by atoms with Crippen LogP contribution < -0.4 is 10.0 Å². The molecule has 36 heavy (non-hydrogen) atoms. The molecule has 0 radical (unpaired) electrons. The van der Waals surface area contributed by atoms with E-state index >= 15 is 0 Å². The molecule has 1 amide bonds. The molecular weight excluding hydrogens is 520 g/mol. The number of aryl methyl sites for hydroxylation is 2. The zero-order valence-electron chi connectivity index (χ0n) is 19.3. The van der Waals surface area contributed by atoms with Gasteiger partial charge in [-0.05, 0) is 49.7 Å². The normalized spacial score (nSPS) is 11.2. The van der Waals surface area contributed by atoms with E-state index in [0.717, 1.165) is 11.1 Å². The van der Waals surface area contributed by atoms with Crippen molar-refractivity contribution >= 4 is 50.9 Å². The van der Waals surface area contributed by atoms with Gasteiger partial charge < -0.3 is 5.32 Å². The summed E-state index contributed by atoms with van der Waals surface area (Å²) in [5, 5.41) is 3.20. The van der Waals surface area contributed by atoms with Gasteiger partial charge in [0.05, 0.1) is 16.1 Å². The molecule has 4 rings (SSSR count). The van der Waals surface area contributed by atoms with E-state index in [1.54, 1.807) is 13.0 Å². The predicted molar refractivity (Wildman–Crippen MR) is 140 cm³/mol. The number of halogens is 1. The molecule has 0 saturated heterocycles. The Balaban J connectivity index is 1.43. The van der Waals surface area contributed by atoms with E-state index in [9.17, 15) is 13.2 Å². The number of anilines is 2. The van der Waals surface area contributed by atoms with Gasteiger partial charge in [-0.3, -0.25) is 4.79 Å². The molecule has 0 fully saturated rings. The molecule has 0 spiro atoms. The lowest BCUT2D eigenvalue weighted by Gasteiger charge is -2.10. The highest BCUT2D eigenvalue weighted by atomic mass is 35.5. The first-order chi connectivity index (χ1) is 17.2. The highest BCUT2D eigenvalue weighted by Crippen LogP contribution is 2.23. The van der Waals surface area contributed by atoms with E-state index in [4.69, 9.17) is 11.6 Å². The van der Waals surface area contributed by atoms with Crippen LogP contribution in [0.2, 0.25) is 5.02 Å². The first-order valence-corrected chi connectivity index (χ1v) is 13.5. The lowest BCUT2D eigenvalue weighted by Crippen LogP contribution is -2.16. The second-order valence-electron chi connectivity index (χ2n) is 7.73. The molecule has 2 aromatic heterocycles. The number of carbonyl (C=O) groups excluding carboxylic acids is 1. The zero-order chi connectivity index (χ0) is 25.7. The maximum absolute atomic E-state index is 12.8. The Labute approximate surface area is 217 Å². The van der Waals surface area contributed by atoms with Crippen LogP contribution >= 0.6 is 23.4 Å². The van der Waals surface area contributed by atoms with Crippen molar-refractivity contribution in [2.24, 2.45) is 0 Å². The van der Waals surface area contributed by atoms with Crippen molar-refractivity contribution < 1.29 is 13.2 Å². The van der Waals surface area contributed by atoms with Gasteiger partial charge in [0.25, 0.3) is 15.9 Å². The Bertz CT molecular complexity index is 1510. The zero-order valence-corrected chi connectivity index (χ0v) is 21.7. The fourth-order valence-electron chi connectivity index (χ4n) is 3.11. The summed E-state index contributed by atoms with van der Waals surface area (Å²) in [6.07, 6.45) is 2.85. The van der Waals surface area contributed by atoms with Gasteiger partial charge in [0, 0.05) is 23.3 Å². The van der Waals surface area contributed by atoms with Crippen molar-refractivity contribution in [3.63, 3.8) is 0 Å². The van der Waals surface area contributed by atoms with E-state index < -0.39 is 15.9 Å². The summed E-state index contributed by atoms with van der Waals surface area (Å²) < 4.78 is 27.6. The van der Waals surface area contributed by atoms with E-state index in [2.05, 4.69) is 36.0 Å². The number of sulfonamides is 1. The maximum atomic E-state index is 12.8. The smallest absolute Gasteiger partial charge is 0.275 e. The van der Waals surface area contributed by atoms with E-state index in [-0.39, 0.29) is 21.6 Å². The van der Waals surface area contributed by atoms with Gasteiger partial charge in [-0.25, -0.2) is 33.1 Å². The third-order valence-corrected chi connectivity index (χ3v) is 7.38. The second-order valence-corrected chi connectivity index (χ2v) is 10.8. The molecule has 0 aliphatic rings. The third-order valence-electron chi connectivity index (χ3n) is 4.83.